The summed E-state index contributed by atoms with van der Waals surface area (Å²) in [5.41, 5.74) is 7.52. The summed E-state index contributed by atoms with van der Waals surface area (Å²) < 4.78 is 0. The van der Waals surface area contributed by atoms with Crippen molar-refractivity contribution in [3.05, 3.63) is 39.9 Å². The van der Waals surface area contributed by atoms with Crippen LogP contribution in [-0.2, 0) is 0 Å². The molecule has 0 radical (unpaired) electrons. The molecule has 5 nitrogen and oxygen atoms in total. The molecule has 1 aromatic carbocycles. The van der Waals surface area contributed by atoms with Gasteiger partial charge in [-0.25, -0.2) is 0 Å². The first-order valence-electron chi connectivity index (χ1n) is 6.01. The minimum atomic E-state index is -0.244. The van der Waals surface area contributed by atoms with Crippen LogP contribution in [0, 0.1) is 25.7 Å². The fourth-order valence-corrected chi connectivity index (χ4v) is 2.20. The highest BCUT2D eigenvalue weighted by molar-refractivity contribution is 7.15. The van der Waals surface area contributed by atoms with E-state index in [9.17, 15) is 4.79 Å². The van der Waals surface area contributed by atoms with Crippen LogP contribution in [0.2, 0.25) is 0 Å². The molecule has 0 saturated carbocycles. The van der Waals surface area contributed by atoms with Crippen LogP contribution in [0.25, 0.3) is 0 Å². The van der Waals surface area contributed by atoms with E-state index >= 15 is 0 Å². The second-order valence-electron chi connectivity index (χ2n) is 4.14. The van der Waals surface area contributed by atoms with Gasteiger partial charge in [0.2, 0.25) is 5.13 Å². The van der Waals surface area contributed by atoms with E-state index in [0.29, 0.717) is 16.3 Å². The predicted molar refractivity (Wildman–Crippen MR) is 79.7 cm³/mol. The highest BCUT2D eigenvalue weighted by Gasteiger charge is 2.13. The lowest BCUT2D eigenvalue weighted by atomic mass is 10.0. The van der Waals surface area contributed by atoms with Gasteiger partial charge in [0.15, 0.2) is 0 Å². The van der Waals surface area contributed by atoms with Gasteiger partial charge >= 0.3 is 0 Å². The lowest BCUT2D eigenvalue weighted by molar-refractivity contribution is 0.102. The summed E-state index contributed by atoms with van der Waals surface area (Å²) in [6.45, 7) is 4.01. The second kappa shape index (κ2) is 6.28. The van der Waals surface area contributed by atoms with E-state index in [0.717, 1.165) is 10.6 Å². The van der Waals surface area contributed by atoms with E-state index in [1.807, 2.05) is 26.0 Å². The van der Waals surface area contributed by atoms with E-state index in [2.05, 4.69) is 27.4 Å². The van der Waals surface area contributed by atoms with Gasteiger partial charge in [-0.1, -0.05) is 34.8 Å². The predicted octanol–water partition coefficient (Wildman–Crippen LogP) is 1.72. The smallest absolute Gasteiger partial charge is 0.258 e. The molecule has 20 heavy (non-hydrogen) atoms. The van der Waals surface area contributed by atoms with Crippen molar-refractivity contribution in [1.29, 1.82) is 0 Å². The normalized spacial score (nSPS) is 9.75. The van der Waals surface area contributed by atoms with Crippen molar-refractivity contribution in [1.82, 2.24) is 10.2 Å². The number of hydrogen-bond donors (Lipinski definition) is 2. The lowest BCUT2D eigenvalue weighted by Gasteiger charge is -2.05. The zero-order chi connectivity index (χ0) is 14.5. The Morgan fingerprint density at radius 1 is 1.40 bits per heavy atom. The molecular weight excluding hydrogens is 272 g/mol. The van der Waals surface area contributed by atoms with Crippen molar-refractivity contribution < 1.29 is 4.79 Å². The van der Waals surface area contributed by atoms with Crippen LogP contribution < -0.4 is 11.1 Å². The SMILES string of the molecule is Cc1ccc(C#CCN)c(C(=O)Nc2nnc(C)s2)c1. The molecular formula is C14H14N4OS. The monoisotopic (exact) mass is 286 g/mol. The Labute approximate surface area is 121 Å². The number of aromatic nitrogens is 2. The van der Waals surface area contributed by atoms with E-state index in [1.165, 1.54) is 11.3 Å². The molecule has 0 fully saturated rings. The van der Waals surface area contributed by atoms with E-state index in [-0.39, 0.29) is 12.5 Å². The summed E-state index contributed by atoms with van der Waals surface area (Å²) in [5.74, 6) is 5.42. The number of aryl methyl sites for hydroxylation is 2. The van der Waals surface area contributed by atoms with Crippen LogP contribution in [-0.4, -0.2) is 22.6 Å². The summed E-state index contributed by atoms with van der Waals surface area (Å²) in [5, 5.41) is 11.7. The lowest BCUT2D eigenvalue weighted by Crippen LogP contribution is -2.13. The summed E-state index contributed by atoms with van der Waals surface area (Å²) >= 11 is 1.33. The van der Waals surface area contributed by atoms with Crippen molar-refractivity contribution in [3.8, 4) is 11.8 Å². The Bertz CT molecular complexity index is 697. The largest absolute Gasteiger partial charge is 0.320 e. The van der Waals surface area contributed by atoms with Crippen molar-refractivity contribution in [2.45, 2.75) is 13.8 Å². The average Bonchev–Trinajstić information content (AvgIpc) is 2.82. The van der Waals surface area contributed by atoms with Crippen molar-refractivity contribution in [3.63, 3.8) is 0 Å². The third kappa shape index (κ3) is 3.41. The Morgan fingerprint density at radius 2 is 2.20 bits per heavy atom. The van der Waals surface area contributed by atoms with E-state index in [4.69, 9.17) is 5.73 Å². The number of carbonyl (C=O) groups is 1. The Morgan fingerprint density at radius 3 is 2.85 bits per heavy atom. The molecule has 0 bridgehead atoms. The minimum Gasteiger partial charge on any atom is -0.320 e. The number of hydrogen-bond acceptors (Lipinski definition) is 5. The minimum absolute atomic E-state index is 0.244. The number of amides is 1. The van der Waals surface area contributed by atoms with Crippen LogP contribution >= 0.6 is 11.3 Å². The number of benzene rings is 1. The van der Waals surface area contributed by atoms with Gasteiger partial charge < -0.3 is 5.73 Å². The number of nitrogens with one attached hydrogen (secondary N) is 1. The third-order valence-corrected chi connectivity index (χ3v) is 3.25. The second-order valence-corrected chi connectivity index (χ2v) is 5.32. The molecule has 0 aliphatic carbocycles. The summed E-state index contributed by atoms with van der Waals surface area (Å²) in [7, 11) is 0. The quantitative estimate of drug-likeness (QED) is 0.824. The van der Waals surface area contributed by atoms with Crippen LogP contribution in [0.3, 0.4) is 0 Å². The maximum Gasteiger partial charge on any atom is 0.258 e. The molecule has 1 amide bonds. The topological polar surface area (TPSA) is 80.9 Å². The molecule has 0 saturated heterocycles. The Kier molecular flexibility index (Phi) is 4.45. The first-order chi connectivity index (χ1) is 9.60. The number of nitrogens with two attached hydrogens (primary N) is 1. The molecule has 102 valence electrons. The first kappa shape index (κ1) is 14.2. The molecule has 2 rings (SSSR count). The van der Waals surface area contributed by atoms with Gasteiger partial charge in [0.1, 0.15) is 5.01 Å². The fourth-order valence-electron chi connectivity index (χ4n) is 1.61. The highest BCUT2D eigenvalue weighted by Crippen LogP contribution is 2.17. The van der Waals surface area contributed by atoms with E-state index < -0.39 is 0 Å². The fraction of sp³-hybridized carbons (Fsp3) is 0.214. The highest BCUT2D eigenvalue weighted by atomic mass is 32.1. The van der Waals surface area contributed by atoms with Gasteiger partial charge in [0.25, 0.3) is 5.91 Å². The van der Waals surface area contributed by atoms with Crippen LogP contribution in [0.4, 0.5) is 5.13 Å². The van der Waals surface area contributed by atoms with Gasteiger partial charge in [0.05, 0.1) is 12.1 Å². The molecule has 0 aliphatic rings. The molecule has 0 spiro atoms. The van der Waals surface area contributed by atoms with E-state index in [1.54, 1.807) is 6.07 Å². The number of carbonyl (C=O) groups excluding carboxylic acids is 1. The number of nitrogens with zero attached hydrogens (tertiary/aromatic N) is 2. The van der Waals surface area contributed by atoms with Crippen LogP contribution in [0.1, 0.15) is 26.5 Å². The van der Waals surface area contributed by atoms with Gasteiger partial charge in [0, 0.05) is 5.56 Å². The first-order valence-corrected chi connectivity index (χ1v) is 6.83. The van der Waals surface area contributed by atoms with Gasteiger partial charge in [-0.2, -0.15) is 0 Å². The molecule has 0 aliphatic heterocycles. The standard InChI is InChI=1S/C14H14N4OS/c1-9-5-6-11(4-3-7-15)12(8-9)13(19)16-14-18-17-10(2)20-14/h5-6,8H,7,15H2,1-2H3,(H,16,18,19). The Balaban J connectivity index is 2.30. The van der Waals surface area contributed by atoms with Crippen molar-refractivity contribution >= 4 is 22.4 Å². The van der Waals surface area contributed by atoms with Crippen LogP contribution in [0.15, 0.2) is 18.2 Å². The molecule has 1 aromatic heterocycles. The van der Waals surface area contributed by atoms with Crippen LogP contribution in [0.5, 0.6) is 0 Å². The van der Waals surface area contributed by atoms with Gasteiger partial charge in [-0.05, 0) is 26.0 Å². The summed E-state index contributed by atoms with van der Waals surface area (Å²) in [6.07, 6.45) is 0. The van der Waals surface area contributed by atoms with Crippen molar-refractivity contribution in [2.24, 2.45) is 5.73 Å². The molecule has 0 unspecified atom stereocenters. The van der Waals surface area contributed by atoms with Gasteiger partial charge in [-0.3, -0.25) is 10.1 Å². The van der Waals surface area contributed by atoms with Crippen molar-refractivity contribution in [2.75, 3.05) is 11.9 Å². The third-order valence-electron chi connectivity index (χ3n) is 2.49. The summed E-state index contributed by atoms with van der Waals surface area (Å²) in [6, 6.07) is 5.52. The average molecular weight is 286 g/mol. The molecule has 0 atom stereocenters. The maximum absolute atomic E-state index is 12.3. The number of anilines is 1. The number of rotatable bonds is 2. The Hall–Kier alpha value is -2.23. The molecule has 6 heteroatoms. The molecule has 3 N–H and O–H groups in total. The molecule has 2 aromatic rings. The zero-order valence-electron chi connectivity index (χ0n) is 11.2. The zero-order valence-corrected chi connectivity index (χ0v) is 12.0. The molecule has 1 heterocycles. The summed E-state index contributed by atoms with van der Waals surface area (Å²) in [4.78, 5) is 12.3. The van der Waals surface area contributed by atoms with Gasteiger partial charge in [-0.15, -0.1) is 10.2 Å². The maximum atomic E-state index is 12.3.